The number of carboxylic acids is 1. The summed E-state index contributed by atoms with van der Waals surface area (Å²) in [5, 5.41) is 9.44. The Labute approximate surface area is 117 Å². The van der Waals surface area contributed by atoms with Crippen LogP contribution in [0.1, 0.15) is 36.5 Å². The molecule has 1 saturated heterocycles. The Balaban J connectivity index is 2.35. The van der Waals surface area contributed by atoms with Gasteiger partial charge in [-0.2, -0.15) is 0 Å². The monoisotopic (exact) mass is 274 g/mol. The number of nitrogens with zero attached hydrogens (tertiary/aromatic N) is 2. The van der Waals surface area contributed by atoms with E-state index in [1.165, 1.54) is 0 Å². The first-order valence-electron chi connectivity index (χ1n) is 6.78. The van der Waals surface area contributed by atoms with Crippen LogP contribution >= 0.6 is 0 Å². The molecule has 5 nitrogen and oxygen atoms in total. The van der Waals surface area contributed by atoms with Crippen LogP contribution in [0.25, 0.3) is 11.0 Å². The maximum atomic E-state index is 11.5. The van der Waals surface area contributed by atoms with Gasteiger partial charge in [0.2, 0.25) is 0 Å². The van der Waals surface area contributed by atoms with Crippen molar-refractivity contribution in [2.75, 3.05) is 6.61 Å². The largest absolute Gasteiger partial charge is 0.478 e. The van der Waals surface area contributed by atoms with Gasteiger partial charge < -0.3 is 14.4 Å². The van der Waals surface area contributed by atoms with Gasteiger partial charge in [-0.15, -0.1) is 0 Å². The Kier molecular flexibility index (Phi) is 2.83. The van der Waals surface area contributed by atoms with Gasteiger partial charge in [0.15, 0.2) is 0 Å². The summed E-state index contributed by atoms with van der Waals surface area (Å²) in [6.07, 6.45) is 0.884. The van der Waals surface area contributed by atoms with Gasteiger partial charge in [-0.3, -0.25) is 0 Å². The highest BCUT2D eigenvalue weighted by atomic mass is 16.5. The second-order valence-electron chi connectivity index (χ2n) is 5.59. The molecule has 2 atom stereocenters. The summed E-state index contributed by atoms with van der Waals surface area (Å²) in [6, 6.07) is 5.22. The fourth-order valence-corrected chi connectivity index (χ4v) is 3.16. The van der Waals surface area contributed by atoms with Crippen molar-refractivity contribution in [2.45, 2.75) is 38.8 Å². The average Bonchev–Trinajstić information content (AvgIpc) is 2.89. The number of aromatic carboxylic acids is 1. The van der Waals surface area contributed by atoms with Gasteiger partial charge in [-0.1, -0.05) is 6.07 Å². The second-order valence-corrected chi connectivity index (χ2v) is 5.59. The van der Waals surface area contributed by atoms with Gasteiger partial charge >= 0.3 is 5.97 Å². The Morgan fingerprint density at radius 1 is 1.55 bits per heavy atom. The third-order valence-corrected chi connectivity index (χ3v) is 4.44. The van der Waals surface area contributed by atoms with E-state index in [0.717, 1.165) is 17.8 Å². The lowest BCUT2D eigenvalue weighted by Crippen LogP contribution is -2.37. The first kappa shape index (κ1) is 13.1. The number of imidazole rings is 1. The number of hydrogen-bond acceptors (Lipinski definition) is 3. The van der Waals surface area contributed by atoms with E-state index in [1.54, 1.807) is 12.1 Å². The molecule has 0 radical (unpaired) electrons. The molecule has 1 aliphatic heterocycles. The number of aryl methyl sites for hydroxylation is 1. The number of aromatic nitrogens is 2. The molecule has 0 amide bonds. The standard InChI is InChI=1S/C15H18N2O3/c1-9-15(3,7-8-20-9)17-10(2)16-12-6-4-5-11(13(12)17)14(18)19/h4-6,9H,7-8H2,1-3H3,(H,18,19). The van der Waals surface area contributed by atoms with Crippen molar-refractivity contribution >= 4 is 17.0 Å². The van der Waals surface area contributed by atoms with Gasteiger partial charge in [-0.05, 0) is 39.3 Å². The van der Waals surface area contributed by atoms with E-state index >= 15 is 0 Å². The summed E-state index contributed by atoms with van der Waals surface area (Å²) >= 11 is 0. The fraction of sp³-hybridized carbons (Fsp3) is 0.467. The predicted molar refractivity (Wildman–Crippen MR) is 75.1 cm³/mol. The first-order valence-corrected chi connectivity index (χ1v) is 6.78. The molecule has 1 fully saturated rings. The summed E-state index contributed by atoms with van der Waals surface area (Å²) in [7, 11) is 0. The molecule has 20 heavy (non-hydrogen) atoms. The van der Waals surface area contributed by atoms with Crippen molar-refractivity contribution < 1.29 is 14.6 Å². The zero-order valence-electron chi connectivity index (χ0n) is 11.9. The maximum Gasteiger partial charge on any atom is 0.337 e. The van der Waals surface area contributed by atoms with Gasteiger partial charge in [0.05, 0.1) is 28.2 Å². The average molecular weight is 274 g/mol. The highest BCUT2D eigenvalue weighted by molar-refractivity contribution is 6.01. The summed E-state index contributed by atoms with van der Waals surface area (Å²) < 4.78 is 7.75. The van der Waals surface area contributed by atoms with Crippen LogP contribution in [0, 0.1) is 6.92 Å². The molecule has 5 heteroatoms. The summed E-state index contributed by atoms with van der Waals surface area (Å²) in [5.41, 5.74) is 1.45. The zero-order chi connectivity index (χ0) is 14.5. The Hall–Kier alpha value is -1.88. The topological polar surface area (TPSA) is 64.3 Å². The molecule has 1 aromatic heterocycles. The normalized spacial score (nSPS) is 26.2. The Morgan fingerprint density at radius 2 is 2.30 bits per heavy atom. The van der Waals surface area contributed by atoms with E-state index in [4.69, 9.17) is 4.74 Å². The zero-order valence-corrected chi connectivity index (χ0v) is 11.9. The van der Waals surface area contributed by atoms with Crippen LogP contribution in [0.2, 0.25) is 0 Å². The third-order valence-electron chi connectivity index (χ3n) is 4.44. The van der Waals surface area contributed by atoms with Crippen molar-refractivity contribution in [3.05, 3.63) is 29.6 Å². The summed E-state index contributed by atoms with van der Waals surface area (Å²) in [5.74, 6) is -0.0968. The highest BCUT2D eigenvalue weighted by Crippen LogP contribution is 2.37. The number of benzene rings is 1. The minimum atomic E-state index is -0.924. The van der Waals surface area contributed by atoms with Gasteiger partial charge in [0.25, 0.3) is 0 Å². The molecule has 2 heterocycles. The van der Waals surface area contributed by atoms with Crippen LogP contribution in [0.3, 0.4) is 0 Å². The molecule has 1 aromatic carbocycles. The van der Waals surface area contributed by atoms with E-state index < -0.39 is 5.97 Å². The van der Waals surface area contributed by atoms with Gasteiger partial charge in [-0.25, -0.2) is 9.78 Å². The van der Waals surface area contributed by atoms with E-state index in [0.29, 0.717) is 17.7 Å². The number of para-hydroxylation sites is 1. The molecule has 1 N–H and O–H groups in total. The SMILES string of the molecule is Cc1nc2cccc(C(=O)O)c2n1C1(C)CCOC1C. The second kappa shape index (κ2) is 4.31. The van der Waals surface area contributed by atoms with Crippen molar-refractivity contribution in [3.8, 4) is 0 Å². The highest BCUT2D eigenvalue weighted by Gasteiger charge is 2.41. The van der Waals surface area contributed by atoms with Crippen molar-refractivity contribution in [1.82, 2.24) is 9.55 Å². The Morgan fingerprint density at radius 3 is 2.90 bits per heavy atom. The molecule has 0 spiro atoms. The van der Waals surface area contributed by atoms with Crippen molar-refractivity contribution in [1.29, 1.82) is 0 Å². The number of carbonyl (C=O) groups is 1. The molecule has 1 aliphatic rings. The molecule has 0 aliphatic carbocycles. The molecule has 3 rings (SSSR count). The van der Waals surface area contributed by atoms with Crippen LogP contribution in [-0.4, -0.2) is 33.3 Å². The number of ether oxygens (including phenoxy) is 1. The first-order chi connectivity index (χ1) is 9.45. The van der Waals surface area contributed by atoms with Crippen LogP contribution < -0.4 is 0 Å². The molecule has 2 unspecified atom stereocenters. The molecular weight excluding hydrogens is 256 g/mol. The lowest BCUT2D eigenvalue weighted by Gasteiger charge is -2.31. The number of carboxylic acid groups (broad SMARTS) is 1. The molecule has 0 bridgehead atoms. The predicted octanol–water partition coefficient (Wildman–Crippen LogP) is 2.57. The fourth-order valence-electron chi connectivity index (χ4n) is 3.16. The summed E-state index contributed by atoms with van der Waals surface area (Å²) in [6.45, 7) is 6.74. The lowest BCUT2D eigenvalue weighted by atomic mass is 9.93. The lowest BCUT2D eigenvalue weighted by molar-refractivity contribution is 0.0692. The molecule has 106 valence electrons. The van der Waals surface area contributed by atoms with E-state index in [2.05, 4.69) is 11.9 Å². The van der Waals surface area contributed by atoms with Gasteiger partial charge in [0.1, 0.15) is 5.82 Å². The number of fused-ring (bicyclic) bond motifs is 1. The third kappa shape index (κ3) is 1.66. The van der Waals surface area contributed by atoms with E-state index in [1.807, 2.05) is 24.5 Å². The number of rotatable bonds is 2. The number of hydrogen-bond donors (Lipinski definition) is 1. The molecule has 0 saturated carbocycles. The van der Waals surface area contributed by atoms with E-state index in [-0.39, 0.29) is 11.6 Å². The van der Waals surface area contributed by atoms with Crippen LogP contribution in [-0.2, 0) is 10.3 Å². The maximum absolute atomic E-state index is 11.5. The van der Waals surface area contributed by atoms with Gasteiger partial charge in [0, 0.05) is 6.61 Å². The van der Waals surface area contributed by atoms with Crippen LogP contribution in [0.4, 0.5) is 0 Å². The smallest absolute Gasteiger partial charge is 0.337 e. The van der Waals surface area contributed by atoms with Crippen LogP contribution in [0.15, 0.2) is 18.2 Å². The summed E-state index contributed by atoms with van der Waals surface area (Å²) in [4.78, 5) is 16.0. The Bertz CT molecular complexity index is 692. The van der Waals surface area contributed by atoms with Crippen molar-refractivity contribution in [2.24, 2.45) is 0 Å². The van der Waals surface area contributed by atoms with E-state index in [9.17, 15) is 9.90 Å². The van der Waals surface area contributed by atoms with Crippen molar-refractivity contribution in [3.63, 3.8) is 0 Å². The quantitative estimate of drug-likeness (QED) is 0.914. The molecular formula is C15H18N2O3. The van der Waals surface area contributed by atoms with Crippen LogP contribution in [0.5, 0.6) is 0 Å². The molecule has 2 aromatic rings. The minimum absolute atomic E-state index is 0.0282. The minimum Gasteiger partial charge on any atom is -0.478 e.